The number of aromatic nitrogens is 3. The lowest BCUT2D eigenvalue weighted by Crippen LogP contribution is -2.54. The normalized spacial score (nSPS) is 23.0. The van der Waals surface area contributed by atoms with Gasteiger partial charge in [0.2, 0.25) is 23.8 Å². The van der Waals surface area contributed by atoms with Crippen molar-refractivity contribution in [2.45, 2.75) is 55.7 Å². The van der Waals surface area contributed by atoms with E-state index in [4.69, 9.17) is 27.9 Å². The van der Waals surface area contributed by atoms with Crippen LogP contribution in [-0.2, 0) is 11.0 Å². The third-order valence-corrected chi connectivity index (χ3v) is 7.64. The van der Waals surface area contributed by atoms with Gasteiger partial charge in [-0.2, -0.15) is 28.1 Å². The summed E-state index contributed by atoms with van der Waals surface area (Å²) < 4.78 is 39.8. The summed E-state index contributed by atoms with van der Waals surface area (Å²) in [5.74, 6) is 0.310. The Kier molecular flexibility index (Phi) is 9.69. The van der Waals surface area contributed by atoms with Gasteiger partial charge >= 0.3 is 6.18 Å². The van der Waals surface area contributed by atoms with Crippen LogP contribution in [0.3, 0.4) is 0 Å². The van der Waals surface area contributed by atoms with Crippen LogP contribution >= 0.6 is 0 Å². The molecule has 2 aliphatic rings. The number of rotatable bonds is 8. The van der Waals surface area contributed by atoms with Gasteiger partial charge in [-0.3, -0.25) is 4.79 Å². The van der Waals surface area contributed by atoms with Gasteiger partial charge in [0.25, 0.3) is 0 Å². The second-order valence-corrected chi connectivity index (χ2v) is 11.6. The lowest BCUT2D eigenvalue weighted by molar-refractivity contribution is -0.137. The van der Waals surface area contributed by atoms with E-state index < -0.39 is 30.2 Å². The van der Waals surface area contributed by atoms with Crippen molar-refractivity contribution < 1.29 is 23.1 Å². The van der Waals surface area contributed by atoms with E-state index in [0.717, 1.165) is 12.1 Å². The van der Waals surface area contributed by atoms with Gasteiger partial charge in [-0.15, -0.1) is 0 Å². The number of hydrogen-bond acceptors (Lipinski definition) is 12. The van der Waals surface area contributed by atoms with Gasteiger partial charge in [0.15, 0.2) is 0 Å². The van der Waals surface area contributed by atoms with Gasteiger partial charge in [-0.25, -0.2) is 0 Å². The first kappa shape index (κ1) is 32.3. The van der Waals surface area contributed by atoms with E-state index in [1.54, 1.807) is 24.3 Å². The second kappa shape index (κ2) is 13.5. The second-order valence-electron chi connectivity index (χ2n) is 11.6. The molecule has 0 aliphatic carbocycles. The summed E-state index contributed by atoms with van der Waals surface area (Å²) in [5.41, 5.74) is 24.5. The van der Waals surface area contributed by atoms with E-state index in [0.29, 0.717) is 62.2 Å². The van der Waals surface area contributed by atoms with E-state index in [1.807, 2.05) is 9.80 Å². The Morgan fingerprint density at radius 2 is 1.36 bits per heavy atom. The van der Waals surface area contributed by atoms with E-state index in [-0.39, 0.29) is 35.8 Å². The minimum atomic E-state index is -4.63. The fourth-order valence-corrected chi connectivity index (χ4v) is 5.63. The maximum absolute atomic E-state index is 13.3. The van der Waals surface area contributed by atoms with Crippen LogP contribution in [-0.4, -0.2) is 76.3 Å². The van der Waals surface area contributed by atoms with Crippen molar-refractivity contribution in [2.24, 2.45) is 22.9 Å². The summed E-state index contributed by atoms with van der Waals surface area (Å²) in [6.45, 7) is 2.10. The number of anilines is 5. The lowest BCUT2D eigenvalue weighted by atomic mass is 10.0. The van der Waals surface area contributed by atoms with Crippen LogP contribution in [0, 0.1) is 0 Å². The number of nitrogens with two attached hydrogens (primary N) is 4. The van der Waals surface area contributed by atoms with E-state index in [9.17, 15) is 23.1 Å². The number of aliphatic hydroxyl groups excluding tert-OH is 1. The highest BCUT2D eigenvalue weighted by atomic mass is 19.4. The Bertz CT molecular complexity index is 1410. The quantitative estimate of drug-likeness (QED) is 0.189. The predicted octanol–water partition coefficient (Wildman–Crippen LogP) is 1.43. The van der Waals surface area contributed by atoms with Crippen LogP contribution in [0.5, 0.6) is 0 Å². The first-order valence-electron chi connectivity index (χ1n) is 14.6. The van der Waals surface area contributed by atoms with Crippen molar-refractivity contribution in [2.75, 3.05) is 46.6 Å². The number of carbonyl (C=O) groups is 1. The number of nitrogens with one attached hydrogen (secondary N) is 2. The predicted molar refractivity (Wildman–Crippen MR) is 165 cm³/mol. The number of halogens is 3. The van der Waals surface area contributed by atoms with Crippen LogP contribution in [0.4, 0.5) is 42.4 Å². The van der Waals surface area contributed by atoms with Crippen LogP contribution in [0.15, 0.2) is 48.5 Å². The molecule has 3 aromatic rings. The van der Waals surface area contributed by atoms with Crippen LogP contribution in [0.25, 0.3) is 0 Å². The van der Waals surface area contributed by atoms with Crippen molar-refractivity contribution in [1.29, 1.82) is 0 Å². The highest BCUT2D eigenvalue weighted by molar-refractivity contribution is 5.92. The summed E-state index contributed by atoms with van der Waals surface area (Å²) in [4.78, 5) is 30.3. The molecule has 242 valence electrons. The molecule has 0 saturated carbocycles. The van der Waals surface area contributed by atoms with Crippen molar-refractivity contribution in [3.63, 3.8) is 0 Å². The molecular formula is C29H38F3N11O2. The average molecular weight is 630 g/mol. The van der Waals surface area contributed by atoms with Gasteiger partial charge in [0, 0.05) is 56.0 Å². The highest BCUT2D eigenvalue weighted by Gasteiger charge is 2.34. The first-order chi connectivity index (χ1) is 21.3. The van der Waals surface area contributed by atoms with E-state index in [2.05, 4.69) is 20.6 Å². The Labute approximate surface area is 258 Å². The molecule has 0 spiro atoms. The van der Waals surface area contributed by atoms with Gasteiger partial charge in [0.1, 0.15) is 0 Å². The SMILES string of the molecule is N[C@@H]1C[C@H](N)CN(c2nc(Nc3ccc(C(O)CC(=O)Nc4ccccc4C(F)(F)F)cc3)nc(N3C[C@H](N)C[C@H](N)C3)n2)C1. The van der Waals surface area contributed by atoms with E-state index in [1.165, 1.54) is 12.1 Å². The van der Waals surface area contributed by atoms with Gasteiger partial charge < -0.3 is 48.5 Å². The minimum absolute atomic E-state index is 0.136. The number of amides is 1. The maximum Gasteiger partial charge on any atom is 0.418 e. The molecule has 0 bridgehead atoms. The fourth-order valence-electron chi connectivity index (χ4n) is 5.63. The van der Waals surface area contributed by atoms with Crippen LogP contribution < -0.4 is 43.4 Å². The number of alkyl halides is 3. The molecule has 2 aliphatic heterocycles. The lowest BCUT2D eigenvalue weighted by Gasteiger charge is -2.37. The third kappa shape index (κ3) is 8.34. The number of carbonyl (C=O) groups excluding carboxylic acids is 1. The molecular weight excluding hydrogens is 591 g/mol. The fraction of sp³-hybridized carbons (Fsp3) is 0.448. The zero-order chi connectivity index (χ0) is 32.3. The highest BCUT2D eigenvalue weighted by Crippen LogP contribution is 2.35. The molecule has 2 aromatic carbocycles. The summed E-state index contributed by atoms with van der Waals surface area (Å²) in [5, 5.41) is 16.0. The summed E-state index contributed by atoms with van der Waals surface area (Å²) >= 11 is 0. The topological polar surface area (TPSA) is 211 Å². The summed E-state index contributed by atoms with van der Waals surface area (Å²) in [7, 11) is 0. The number of benzene rings is 2. The average Bonchev–Trinajstić information content (AvgIpc) is 2.96. The zero-order valence-electron chi connectivity index (χ0n) is 24.5. The Morgan fingerprint density at radius 3 is 1.87 bits per heavy atom. The Hall–Kier alpha value is -4.09. The smallest absolute Gasteiger partial charge is 0.388 e. The molecule has 45 heavy (non-hydrogen) atoms. The molecule has 13 nitrogen and oxygen atoms in total. The van der Waals surface area contributed by atoms with Crippen molar-refractivity contribution >= 4 is 35.1 Å². The molecule has 5 rings (SSSR count). The number of para-hydroxylation sites is 1. The van der Waals surface area contributed by atoms with Gasteiger partial charge in [0.05, 0.1) is 23.8 Å². The van der Waals surface area contributed by atoms with Gasteiger partial charge in [-0.1, -0.05) is 24.3 Å². The third-order valence-electron chi connectivity index (χ3n) is 7.64. The first-order valence-corrected chi connectivity index (χ1v) is 14.6. The Balaban J connectivity index is 1.30. The largest absolute Gasteiger partial charge is 0.418 e. The van der Waals surface area contributed by atoms with Crippen molar-refractivity contribution in [1.82, 2.24) is 15.0 Å². The summed E-state index contributed by atoms with van der Waals surface area (Å²) in [6, 6.07) is 10.6. The molecule has 16 heteroatoms. The molecule has 1 unspecified atom stereocenters. The number of nitrogens with zero attached hydrogens (tertiary/aromatic N) is 5. The Morgan fingerprint density at radius 1 is 0.844 bits per heavy atom. The minimum Gasteiger partial charge on any atom is -0.388 e. The summed E-state index contributed by atoms with van der Waals surface area (Å²) in [6.07, 6.45) is -4.95. The zero-order valence-corrected chi connectivity index (χ0v) is 24.5. The molecule has 2 saturated heterocycles. The molecule has 0 radical (unpaired) electrons. The monoisotopic (exact) mass is 629 g/mol. The molecule has 2 fully saturated rings. The van der Waals surface area contributed by atoms with Crippen LogP contribution in [0.1, 0.15) is 36.5 Å². The van der Waals surface area contributed by atoms with Crippen molar-refractivity contribution in [3.8, 4) is 0 Å². The van der Waals surface area contributed by atoms with Crippen LogP contribution in [0.2, 0.25) is 0 Å². The standard InChI is InChI=1S/C29H38F3N11O2/c30-29(31,32)22-3-1-2-4-23(22)38-25(45)11-24(44)16-5-7-21(8-6-16)37-26-39-27(42-12-17(33)9-18(34)13-42)41-28(40-26)43-14-19(35)10-20(36)15-43/h1-8,17-20,24,44H,9-15,33-36H2,(H,38,45)(H,37,39,40,41)/t17-,18+,19-,20+,24?. The molecule has 11 N–H and O–H groups in total. The van der Waals surface area contributed by atoms with Crippen molar-refractivity contribution in [3.05, 3.63) is 59.7 Å². The maximum atomic E-state index is 13.3. The van der Waals surface area contributed by atoms with E-state index >= 15 is 0 Å². The molecule has 3 heterocycles. The molecule has 1 amide bonds. The number of aliphatic hydroxyl groups is 1. The van der Waals surface area contributed by atoms with Gasteiger partial charge in [-0.05, 0) is 42.7 Å². The molecule has 1 aromatic heterocycles. The molecule has 5 atom stereocenters. The number of piperidine rings is 2. The number of hydrogen-bond donors (Lipinski definition) is 7.